The molecule has 42 heavy (non-hydrogen) atoms. The first-order valence-electron chi connectivity index (χ1n) is 14.0. The second-order valence-electron chi connectivity index (χ2n) is 10.7. The Balaban J connectivity index is 1.21. The first-order valence-corrected chi connectivity index (χ1v) is 14.8. The maximum absolute atomic E-state index is 6.38. The standard InChI is InChI=1S/C36H25N3O2S/c1-21(2)22-18-30(27-12-6-10-25-23-8-3-4-14-32(23)42-36(25)27)39-34(19-22)41-33-15-7-13-29(38-33)26-11-5-9-24-28-20-37-17-16-31(28)40-35(24)26/h3-21H,1-2H3. The minimum Gasteiger partial charge on any atom is -0.455 e. The van der Waals surface area contributed by atoms with Gasteiger partial charge in [0.05, 0.1) is 11.4 Å². The Morgan fingerprint density at radius 3 is 2.38 bits per heavy atom. The number of rotatable bonds is 5. The summed E-state index contributed by atoms with van der Waals surface area (Å²) in [5, 5.41) is 4.51. The Kier molecular flexibility index (Phi) is 5.76. The molecule has 202 valence electrons. The van der Waals surface area contributed by atoms with Crippen LogP contribution in [0.3, 0.4) is 0 Å². The lowest BCUT2D eigenvalue weighted by molar-refractivity contribution is 0.445. The number of para-hydroxylation sites is 1. The van der Waals surface area contributed by atoms with E-state index in [1.165, 1.54) is 20.2 Å². The lowest BCUT2D eigenvalue weighted by Gasteiger charge is -2.13. The molecule has 0 aliphatic heterocycles. The second kappa shape index (κ2) is 9.79. The largest absolute Gasteiger partial charge is 0.455 e. The maximum atomic E-state index is 6.38. The van der Waals surface area contributed by atoms with E-state index in [0.717, 1.165) is 50.0 Å². The Morgan fingerprint density at radius 2 is 1.48 bits per heavy atom. The summed E-state index contributed by atoms with van der Waals surface area (Å²) in [6, 6.07) is 32.9. The number of hydrogen-bond acceptors (Lipinski definition) is 6. The molecule has 0 unspecified atom stereocenters. The molecule has 5 nitrogen and oxygen atoms in total. The third-order valence-corrected chi connectivity index (χ3v) is 8.90. The Labute approximate surface area is 246 Å². The summed E-state index contributed by atoms with van der Waals surface area (Å²) in [6.45, 7) is 4.37. The van der Waals surface area contributed by atoms with E-state index in [1.54, 1.807) is 17.5 Å². The van der Waals surface area contributed by atoms with Gasteiger partial charge < -0.3 is 9.15 Å². The van der Waals surface area contributed by atoms with E-state index < -0.39 is 0 Å². The Morgan fingerprint density at radius 1 is 0.690 bits per heavy atom. The van der Waals surface area contributed by atoms with Crippen LogP contribution in [0, 0.1) is 0 Å². The van der Waals surface area contributed by atoms with Gasteiger partial charge >= 0.3 is 0 Å². The Hall–Kier alpha value is -5.07. The quantitative estimate of drug-likeness (QED) is 0.208. The summed E-state index contributed by atoms with van der Waals surface area (Å²) < 4.78 is 15.1. The molecule has 0 fully saturated rings. The summed E-state index contributed by atoms with van der Waals surface area (Å²) in [5.74, 6) is 1.30. The molecule has 0 saturated heterocycles. The van der Waals surface area contributed by atoms with Crippen LogP contribution in [0.5, 0.6) is 11.8 Å². The Bertz CT molecular complexity index is 2280. The normalized spacial score (nSPS) is 11.8. The number of aromatic nitrogens is 3. The van der Waals surface area contributed by atoms with E-state index in [-0.39, 0.29) is 0 Å². The minimum absolute atomic E-state index is 0.301. The van der Waals surface area contributed by atoms with Crippen molar-refractivity contribution in [1.82, 2.24) is 15.0 Å². The predicted octanol–water partition coefficient (Wildman–Crippen LogP) is 10.4. The van der Waals surface area contributed by atoms with Crippen molar-refractivity contribution in [3.63, 3.8) is 0 Å². The van der Waals surface area contributed by atoms with E-state index >= 15 is 0 Å². The number of benzene rings is 3. The van der Waals surface area contributed by atoms with E-state index in [0.29, 0.717) is 17.7 Å². The third kappa shape index (κ3) is 4.11. The fourth-order valence-corrected chi connectivity index (χ4v) is 6.80. The molecule has 0 atom stereocenters. The number of hydrogen-bond donors (Lipinski definition) is 0. The first kappa shape index (κ1) is 24.7. The highest BCUT2D eigenvalue weighted by Gasteiger charge is 2.16. The summed E-state index contributed by atoms with van der Waals surface area (Å²) in [7, 11) is 0. The second-order valence-corrected chi connectivity index (χ2v) is 11.7. The van der Waals surface area contributed by atoms with E-state index in [9.17, 15) is 0 Å². The molecule has 0 bridgehead atoms. The summed E-state index contributed by atoms with van der Waals surface area (Å²) in [4.78, 5) is 14.2. The number of nitrogens with zero attached hydrogens (tertiary/aromatic N) is 3. The summed E-state index contributed by atoms with van der Waals surface area (Å²) >= 11 is 1.80. The van der Waals surface area contributed by atoms with Crippen LogP contribution in [-0.2, 0) is 0 Å². The van der Waals surface area contributed by atoms with Gasteiger partial charge in [-0.15, -0.1) is 11.3 Å². The highest BCUT2D eigenvalue weighted by molar-refractivity contribution is 7.26. The van der Waals surface area contributed by atoms with Crippen LogP contribution in [0.4, 0.5) is 0 Å². The molecule has 8 aromatic rings. The molecule has 0 aliphatic carbocycles. The molecular formula is C36H25N3O2S. The van der Waals surface area contributed by atoms with Gasteiger partial charge in [0.25, 0.3) is 0 Å². The molecule has 5 heterocycles. The van der Waals surface area contributed by atoms with Crippen molar-refractivity contribution >= 4 is 53.4 Å². The molecule has 0 aliphatic rings. The maximum Gasteiger partial charge on any atom is 0.222 e. The minimum atomic E-state index is 0.301. The van der Waals surface area contributed by atoms with E-state index in [2.05, 4.69) is 67.4 Å². The van der Waals surface area contributed by atoms with Gasteiger partial charge in [-0.05, 0) is 41.8 Å². The number of fused-ring (bicyclic) bond motifs is 6. The monoisotopic (exact) mass is 563 g/mol. The lowest BCUT2D eigenvalue weighted by Crippen LogP contribution is -1.97. The summed E-state index contributed by atoms with van der Waals surface area (Å²) in [6.07, 6.45) is 3.58. The number of pyridine rings is 3. The fraction of sp³-hybridized carbons (Fsp3) is 0.0833. The van der Waals surface area contributed by atoms with Gasteiger partial charge in [-0.1, -0.05) is 68.4 Å². The van der Waals surface area contributed by atoms with Crippen LogP contribution in [0.1, 0.15) is 25.3 Å². The van der Waals surface area contributed by atoms with Crippen molar-refractivity contribution < 1.29 is 9.15 Å². The van der Waals surface area contributed by atoms with Crippen molar-refractivity contribution in [2.45, 2.75) is 19.8 Å². The van der Waals surface area contributed by atoms with Crippen molar-refractivity contribution in [2.75, 3.05) is 0 Å². The van der Waals surface area contributed by atoms with E-state index in [1.807, 2.05) is 54.7 Å². The zero-order valence-corrected chi connectivity index (χ0v) is 23.9. The van der Waals surface area contributed by atoms with Gasteiger partial charge in [-0.3, -0.25) is 4.98 Å². The molecule has 0 amide bonds. The van der Waals surface area contributed by atoms with Crippen LogP contribution in [0.2, 0.25) is 0 Å². The summed E-state index contributed by atoms with van der Waals surface area (Å²) in [5.41, 5.74) is 6.40. The zero-order chi connectivity index (χ0) is 28.2. The van der Waals surface area contributed by atoms with Crippen LogP contribution in [0.15, 0.2) is 114 Å². The van der Waals surface area contributed by atoms with Gasteiger partial charge in [0.15, 0.2) is 0 Å². The van der Waals surface area contributed by atoms with Crippen LogP contribution in [-0.4, -0.2) is 15.0 Å². The molecule has 0 N–H and O–H groups in total. The van der Waals surface area contributed by atoms with Gasteiger partial charge in [-0.25, -0.2) is 9.97 Å². The van der Waals surface area contributed by atoms with Crippen molar-refractivity contribution in [3.8, 4) is 34.3 Å². The van der Waals surface area contributed by atoms with Crippen molar-refractivity contribution in [1.29, 1.82) is 0 Å². The molecule has 8 rings (SSSR count). The molecule has 0 radical (unpaired) electrons. The number of ether oxygens (including phenoxy) is 1. The van der Waals surface area contributed by atoms with Crippen molar-refractivity contribution in [3.05, 3.63) is 115 Å². The van der Waals surface area contributed by atoms with Crippen LogP contribution < -0.4 is 4.74 Å². The van der Waals surface area contributed by atoms with Gasteiger partial charge in [0, 0.05) is 66.6 Å². The lowest BCUT2D eigenvalue weighted by atomic mass is 10.0. The molecule has 0 spiro atoms. The smallest absolute Gasteiger partial charge is 0.222 e. The highest BCUT2D eigenvalue weighted by Crippen LogP contribution is 2.41. The first-order chi connectivity index (χ1) is 20.6. The molecular weight excluding hydrogens is 538 g/mol. The molecule has 6 heteroatoms. The number of thiophene rings is 1. The topological polar surface area (TPSA) is 61.0 Å². The van der Waals surface area contributed by atoms with Crippen molar-refractivity contribution in [2.24, 2.45) is 0 Å². The average Bonchev–Trinajstić information content (AvgIpc) is 3.59. The zero-order valence-electron chi connectivity index (χ0n) is 23.0. The molecule has 5 aromatic heterocycles. The molecule has 0 saturated carbocycles. The van der Waals surface area contributed by atoms with Gasteiger partial charge in [0.2, 0.25) is 11.8 Å². The average molecular weight is 564 g/mol. The van der Waals surface area contributed by atoms with Gasteiger partial charge in [-0.2, -0.15) is 0 Å². The predicted molar refractivity (Wildman–Crippen MR) is 171 cm³/mol. The van der Waals surface area contributed by atoms with Crippen LogP contribution >= 0.6 is 11.3 Å². The fourth-order valence-electron chi connectivity index (χ4n) is 5.57. The highest BCUT2D eigenvalue weighted by atomic mass is 32.1. The van der Waals surface area contributed by atoms with Crippen LogP contribution in [0.25, 0.3) is 64.6 Å². The van der Waals surface area contributed by atoms with E-state index in [4.69, 9.17) is 19.1 Å². The SMILES string of the molecule is CC(C)c1cc(Oc2cccc(-c3cccc4c3oc3ccncc34)n2)nc(-c2cccc3c2sc2ccccc23)c1. The van der Waals surface area contributed by atoms with Gasteiger partial charge in [0.1, 0.15) is 11.2 Å². The number of furan rings is 1. The molecule has 3 aromatic carbocycles. The third-order valence-electron chi connectivity index (χ3n) is 7.68.